The highest BCUT2D eigenvalue weighted by molar-refractivity contribution is 6.30. The zero-order valence-corrected chi connectivity index (χ0v) is 12.8. The van der Waals surface area contributed by atoms with Crippen LogP contribution in [0.2, 0.25) is 5.02 Å². The quantitative estimate of drug-likeness (QED) is 0.866. The summed E-state index contributed by atoms with van der Waals surface area (Å²) >= 11 is 5.86. The maximum atomic E-state index is 11.2. The van der Waals surface area contributed by atoms with Crippen LogP contribution in [0.3, 0.4) is 0 Å². The van der Waals surface area contributed by atoms with Gasteiger partial charge in [0.25, 0.3) is 5.89 Å². The minimum Gasteiger partial charge on any atom is -0.415 e. The van der Waals surface area contributed by atoms with Crippen LogP contribution < -0.4 is 10.6 Å². The lowest BCUT2D eigenvalue weighted by atomic mass is 9.96. The lowest BCUT2D eigenvalue weighted by molar-refractivity contribution is -0.920. The van der Waals surface area contributed by atoms with Crippen LogP contribution in [0.4, 0.5) is 0 Å². The number of nitrogens with one attached hydrogen (secondary N) is 1. The number of aromatic nitrogens is 2. The summed E-state index contributed by atoms with van der Waals surface area (Å²) in [6.07, 6.45) is 1.64. The summed E-state index contributed by atoms with van der Waals surface area (Å²) in [5, 5.41) is 8.85. The summed E-state index contributed by atoms with van der Waals surface area (Å²) in [5.74, 6) is 0.925. The minimum absolute atomic E-state index is 0.0102. The van der Waals surface area contributed by atoms with E-state index >= 15 is 0 Å². The molecule has 22 heavy (non-hydrogen) atoms. The molecule has 1 fully saturated rings. The summed E-state index contributed by atoms with van der Waals surface area (Å²) < 4.78 is 5.71. The molecule has 0 spiro atoms. The number of hydrogen-bond donors (Lipinski definition) is 2. The van der Waals surface area contributed by atoms with Gasteiger partial charge >= 0.3 is 0 Å². The summed E-state index contributed by atoms with van der Waals surface area (Å²) in [6.45, 7) is 2.46. The van der Waals surface area contributed by atoms with E-state index in [1.807, 2.05) is 12.1 Å². The molecule has 2 heterocycles. The maximum Gasteiger partial charge on any atom is 0.271 e. The number of hydrogen-bond acceptors (Lipinski definition) is 4. The number of nitrogens with zero attached hydrogens (tertiary/aromatic N) is 2. The molecule has 3 N–H and O–H groups in total. The van der Waals surface area contributed by atoms with E-state index in [9.17, 15) is 4.79 Å². The molecule has 0 atom stereocenters. The van der Waals surface area contributed by atoms with Crippen molar-refractivity contribution in [1.82, 2.24) is 10.2 Å². The number of rotatable bonds is 4. The molecule has 6 nitrogen and oxygen atoms in total. The lowest BCUT2D eigenvalue weighted by Crippen LogP contribution is -3.11. The fraction of sp³-hybridized carbons (Fsp3) is 0.400. The number of carbonyl (C=O) groups is 1. The number of likely N-dealkylation sites (tertiary alicyclic amines) is 1. The Labute approximate surface area is 133 Å². The van der Waals surface area contributed by atoms with Gasteiger partial charge in [0.05, 0.1) is 13.1 Å². The Balaban J connectivity index is 1.60. The van der Waals surface area contributed by atoms with E-state index in [1.165, 1.54) is 4.90 Å². The number of halogens is 1. The first-order valence-electron chi connectivity index (χ1n) is 7.33. The van der Waals surface area contributed by atoms with Crippen LogP contribution in [-0.4, -0.2) is 29.2 Å². The molecule has 0 saturated carbocycles. The molecule has 1 amide bonds. The van der Waals surface area contributed by atoms with E-state index in [4.69, 9.17) is 21.8 Å². The van der Waals surface area contributed by atoms with Gasteiger partial charge in [-0.2, -0.15) is 0 Å². The number of primary amides is 1. The predicted molar refractivity (Wildman–Crippen MR) is 81.1 cm³/mol. The van der Waals surface area contributed by atoms with Gasteiger partial charge in [0, 0.05) is 29.3 Å². The van der Waals surface area contributed by atoms with Crippen LogP contribution in [0.5, 0.6) is 0 Å². The molecule has 1 aliphatic heterocycles. The van der Waals surface area contributed by atoms with Gasteiger partial charge in [0.15, 0.2) is 6.54 Å². The Morgan fingerprint density at radius 2 is 1.95 bits per heavy atom. The first-order valence-corrected chi connectivity index (χ1v) is 7.71. The van der Waals surface area contributed by atoms with Gasteiger partial charge in [0.2, 0.25) is 11.8 Å². The predicted octanol–water partition coefficient (Wildman–Crippen LogP) is 0.670. The van der Waals surface area contributed by atoms with E-state index in [0.717, 1.165) is 31.5 Å². The molecule has 0 aliphatic carbocycles. The number of nitrogens with two attached hydrogens (primary N) is 1. The van der Waals surface area contributed by atoms with Crippen molar-refractivity contribution < 1.29 is 14.1 Å². The number of piperidine rings is 1. The average Bonchev–Trinajstić information content (AvgIpc) is 2.97. The molecule has 0 bridgehead atoms. The molecule has 1 aliphatic rings. The van der Waals surface area contributed by atoms with Crippen molar-refractivity contribution in [2.75, 3.05) is 13.1 Å². The molecular weight excluding hydrogens is 304 g/mol. The van der Waals surface area contributed by atoms with Gasteiger partial charge in [-0.05, 0) is 24.3 Å². The Kier molecular flexibility index (Phi) is 4.40. The highest BCUT2D eigenvalue weighted by Gasteiger charge is 2.27. The van der Waals surface area contributed by atoms with Gasteiger partial charge in [-0.15, -0.1) is 10.2 Å². The Bertz CT molecular complexity index is 648. The lowest BCUT2D eigenvalue weighted by Gasteiger charge is -2.26. The van der Waals surface area contributed by atoms with E-state index in [2.05, 4.69) is 10.2 Å². The molecule has 0 radical (unpaired) electrons. The highest BCUT2D eigenvalue weighted by atomic mass is 35.5. The largest absolute Gasteiger partial charge is 0.415 e. The third kappa shape index (κ3) is 3.45. The topological polar surface area (TPSA) is 86.5 Å². The van der Waals surface area contributed by atoms with Crippen LogP contribution in [0, 0.1) is 5.92 Å². The highest BCUT2D eigenvalue weighted by Crippen LogP contribution is 2.20. The molecule has 116 valence electrons. The van der Waals surface area contributed by atoms with Crippen LogP contribution >= 0.6 is 11.6 Å². The number of quaternary nitrogens is 1. The van der Waals surface area contributed by atoms with Crippen molar-refractivity contribution in [3.05, 3.63) is 35.2 Å². The first kappa shape index (κ1) is 15.0. The Hall–Kier alpha value is -1.92. The van der Waals surface area contributed by atoms with Crippen LogP contribution in [0.15, 0.2) is 28.7 Å². The summed E-state index contributed by atoms with van der Waals surface area (Å²) in [7, 11) is 0. The molecule has 1 aromatic heterocycles. The molecule has 3 rings (SSSR count). The molecule has 1 aromatic carbocycles. The number of carbonyl (C=O) groups excluding carboxylic acids is 1. The summed E-state index contributed by atoms with van der Waals surface area (Å²) in [4.78, 5) is 12.5. The standard InChI is InChI=1S/C15H17ClN4O2/c16-12-3-1-11(2-4-12)15-19-18-13(22-15)9-20-7-5-10(6-8-20)14(17)21/h1-4,10H,5-9H2,(H2,17,21)/p+1. The molecule has 7 heteroatoms. The van der Waals surface area contributed by atoms with Crippen molar-refractivity contribution >= 4 is 17.5 Å². The number of benzene rings is 1. The van der Waals surface area contributed by atoms with Gasteiger partial charge in [0.1, 0.15) is 0 Å². The Morgan fingerprint density at radius 3 is 2.59 bits per heavy atom. The molecule has 0 unspecified atom stereocenters. The first-order chi connectivity index (χ1) is 10.6. The van der Waals surface area contributed by atoms with E-state index < -0.39 is 0 Å². The van der Waals surface area contributed by atoms with Crippen molar-refractivity contribution in [1.29, 1.82) is 0 Å². The fourth-order valence-electron chi connectivity index (χ4n) is 2.74. The van der Waals surface area contributed by atoms with Crippen molar-refractivity contribution in [2.45, 2.75) is 19.4 Å². The van der Waals surface area contributed by atoms with Crippen LogP contribution in [0.1, 0.15) is 18.7 Å². The second-order valence-corrected chi connectivity index (χ2v) is 6.05. The van der Waals surface area contributed by atoms with Gasteiger partial charge < -0.3 is 15.1 Å². The Morgan fingerprint density at radius 1 is 1.27 bits per heavy atom. The third-order valence-electron chi connectivity index (χ3n) is 4.05. The average molecular weight is 322 g/mol. The maximum absolute atomic E-state index is 11.2. The summed E-state index contributed by atoms with van der Waals surface area (Å²) in [6, 6.07) is 7.29. The van der Waals surface area contributed by atoms with Gasteiger partial charge in [-0.25, -0.2) is 0 Å². The third-order valence-corrected chi connectivity index (χ3v) is 4.31. The zero-order chi connectivity index (χ0) is 15.5. The van der Waals surface area contributed by atoms with E-state index in [-0.39, 0.29) is 11.8 Å². The minimum atomic E-state index is -0.193. The van der Waals surface area contributed by atoms with Gasteiger partial charge in [-0.1, -0.05) is 11.6 Å². The van der Waals surface area contributed by atoms with E-state index in [1.54, 1.807) is 12.1 Å². The van der Waals surface area contributed by atoms with E-state index in [0.29, 0.717) is 23.3 Å². The van der Waals surface area contributed by atoms with Crippen molar-refractivity contribution in [3.63, 3.8) is 0 Å². The second-order valence-electron chi connectivity index (χ2n) is 5.61. The second kappa shape index (κ2) is 6.46. The molecular formula is C15H18ClN4O2+. The SMILES string of the molecule is NC(=O)C1CC[NH+](Cc2nnc(-c3ccc(Cl)cc3)o2)CC1. The van der Waals surface area contributed by atoms with Crippen LogP contribution in [-0.2, 0) is 11.3 Å². The van der Waals surface area contributed by atoms with Crippen molar-refractivity contribution in [2.24, 2.45) is 11.7 Å². The monoisotopic (exact) mass is 321 g/mol. The summed E-state index contributed by atoms with van der Waals surface area (Å²) in [5.41, 5.74) is 6.20. The molecule has 1 saturated heterocycles. The smallest absolute Gasteiger partial charge is 0.271 e. The fourth-order valence-corrected chi connectivity index (χ4v) is 2.86. The van der Waals surface area contributed by atoms with Gasteiger partial charge in [-0.3, -0.25) is 4.79 Å². The normalized spacial score (nSPS) is 21.7. The van der Waals surface area contributed by atoms with Crippen LogP contribution in [0.25, 0.3) is 11.5 Å². The zero-order valence-electron chi connectivity index (χ0n) is 12.1. The van der Waals surface area contributed by atoms with Crippen molar-refractivity contribution in [3.8, 4) is 11.5 Å². The number of amides is 1. The molecule has 2 aromatic rings.